The molecule has 3 nitrogen and oxygen atoms in total. The summed E-state index contributed by atoms with van der Waals surface area (Å²) in [6.45, 7) is 1.94. The van der Waals surface area contributed by atoms with Gasteiger partial charge in [0.25, 0.3) is 0 Å². The SMILES string of the molecule is CCOP(=O)(O)C(Cc1ccccc1)c1cc[c]cc1. The minimum absolute atomic E-state index is 0.220. The number of rotatable bonds is 6. The molecule has 0 aliphatic rings. The molecule has 2 aromatic carbocycles. The van der Waals surface area contributed by atoms with Gasteiger partial charge in [0, 0.05) is 0 Å². The lowest BCUT2D eigenvalue weighted by Crippen LogP contribution is -2.06. The van der Waals surface area contributed by atoms with Crippen LogP contribution < -0.4 is 0 Å². The Kier molecular flexibility index (Phi) is 5.13. The van der Waals surface area contributed by atoms with Crippen LogP contribution in [-0.4, -0.2) is 11.5 Å². The monoisotopic (exact) mass is 289 g/mol. The van der Waals surface area contributed by atoms with Crippen molar-refractivity contribution in [3.8, 4) is 0 Å². The Balaban J connectivity index is 2.32. The Morgan fingerprint density at radius 3 is 2.45 bits per heavy atom. The van der Waals surface area contributed by atoms with E-state index in [2.05, 4.69) is 6.07 Å². The molecule has 0 bridgehead atoms. The van der Waals surface area contributed by atoms with Crippen molar-refractivity contribution in [3.63, 3.8) is 0 Å². The predicted molar refractivity (Wildman–Crippen MR) is 79.6 cm³/mol. The first-order valence-corrected chi connectivity index (χ1v) is 8.25. The fraction of sp³-hybridized carbons (Fsp3) is 0.250. The van der Waals surface area contributed by atoms with Gasteiger partial charge in [-0.05, 0) is 30.5 Å². The third-order valence-electron chi connectivity index (χ3n) is 3.11. The molecule has 1 N–H and O–H groups in total. The van der Waals surface area contributed by atoms with Crippen molar-refractivity contribution in [2.75, 3.05) is 6.61 Å². The van der Waals surface area contributed by atoms with Crippen LogP contribution in [0.5, 0.6) is 0 Å². The van der Waals surface area contributed by atoms with Gasteiger partial charge >= 0.3 is 7.60 Å². The maximum Gasteiger partial charge on any atom is 0.335 e. The summed E-state index contributed by atoms with van der Waals surface area (Å²) in [5.74, 6) is 0. The molecular formula is C16H18O3P. The van der Waals surface area contributed by atoms with Crippen LogP contribution in [0, 0.1) is 6.07 Å². The minimum atomic E-state index is -3.70. The molecule has 2 aromatic rings. The third-order valence-corrected chi connectivity index (χ3v) is 5.01. The maximum atomic E-state index is 12.4. The molecule has 0 aromatic heterocycles. The van der Waals surface area contributed by atoms with Crippen molar-refractivity contribution < 1.29 is 14.0 Å². The molecule has 4 heteroatoms. The van der Waals surface area contributed by atoms with Crippen molar-refractivity contribution in [1.82, 2.24) is 0 Å². The van der Waals surface area contributed by atoms with Gasteiger partial charge < -0.3 is 9.42 Å². The van der Waals surface area contributed by atoms with E-state index in [1.165, 1.54) is 0 Å². The standard InChI is InChI=1S/C16H18O3P/c1-2-19-20(17,18)16(15-11-7-4-8-12-15)13-14-9-5-3-6-10-14/h3,5-12,16H,2,13H2,1H3,(H,17,18). The molecule has 20 heavy (non-hydrogen) atoms. The summed E-state index contributed by atoms with van der Waals surface area (Å²) in [4.78, 5) is 10.2. The minimum Gasteiger partial charge on any atom is -0.324 e. The maximum absolute atomic E-state index is 12.4. The molecule has 1 radical (unpaired) electrons. The van der Waals surface area contributed by atoms with Crippen LogP contribution in [0.2, 0.25) is 0 Å². The summed E-state index contributed by atoms with van der Waals surface area (Å²) in [6.07, 6.45) is 0.471. The highest BCUT2D eigenvalue weighted by molar-refractivity contribution is 7.53. The molecule has 0 aliphatic carbocycles. The average molecular weight is 289 g/mol. The topological polar surface area (TPSA) is 46.5 Å². The molecule has 2 unspecified atom stereocenters. The second-order valence-corrected chi connectivity index (χ2v) is 6.53. The van der Waals surface area contributed by atoms with E-state index in [9.17, 15) is 9.46 Å². The van der Waals surface area contributed by atoms with Crippen LogP contribution in [0.3, 0.4) is 0 Å². The second-order valence-electron chi connectivity index (χ2n) is 4.52. The lowest BCUT2D eigenvalue weighted by molar-refractivity contribution is 0.264. The molecule has 0 fully saturated rings. The van der Waals surface area contributed by atoms with Gasteiger partial charge in [-0.1, -0.05) is 54.6 Å². The van der Waals surface area contributed by atoms with Crippen LogP contribution in [0.1, 0.15) is 23.7 Å². The van der Waals surface area contributed by atoms with Gasteiger partial charge in [-0.15, -0.1) is 0 Å². The Hall–Kier alpha value is -1.41. The van der Waals surface area contributed by atoms with Crippen LogP contribution >= 0.6 is 7.60 Å². The summed E-state index contributed by atoms with van der Waals surface area (Å²) in [5, 5.41) is 0. The fourth-order valence-electron chi connectivity index (χ4n) is 2.16. The molecule has 0 aliphatic heterocycles. The smallest absolute Gasteiger partial charge is 0.324 e. The lowest BCUT2D eigenvalue weighted by Gasteiger charge is -2.22. The molecule has 0 heterocycles. The highest BCUT2D eigenvalue weighted by Crippen LogP contribution is 2.57. The zero-order valence-corrected chi connectivity index (χ0v) is 12.3. The third kappa shape index (κ3) is 3.80. The van der Waals surface area contributed by atoms with Crippen LogP contribution in [0.25, 0.3) is 0 Å². The first kappa shape index (κ1) is 15.0. The Morgan fingerprint density at radius 1 is 1.20 bits per heavy atom. The number of benzene rings is 2. The normalized spacial score (nSPS) is 15.5. The lowest BCUT2D eigenvalue weighted by atomic mass is 10.0. The number of hydrogen-bond donors (Lipinski definition) is 1. The molecule has 105 valence electrons. The zero-order valence-electron chi connectivity index (χ0n) is 11.4. The first-order chi connectivity index (χ1) is 9.63. The Morgan fingerprint density at radius 2 is 1.85 bits per heavy atom. The molecule has 0 spiro atoms. The summed E-state index contributed by atoms with van der Waals surface area (Å²) in [6, 6.07) is 19.7. The first-order valence-electron chi connectivity index (χ1n) is 6.60. The van der Waals surface area contributed by atoms with E-state index in [4.69, 9.17) is 4.52 Å². The van der Waals surface area contributed by atoms with E-state index in [1.807, 2.05) is 42.5 Å². The fourth-order valence-corrected chi connectivity index (χ4v) is 3.70. The van der Waals surface area contributed by atoms with Gasteiger partial charge in [0.05, 0.1) is 12.3 Å². The Bertz CT molecular complexity index is 569. The van der Waals surface area contributed by atoms with E-state index in [0.717, 1.165) is 11.1 Å². The van der Waals surface area contributed by atoms with Gasteiger partial charge in [0.2, 0.25) is 0 Å². The summed E-state index contributed by atoms with van der Waals surface area (Å²) in [7, 11) is -3.70. The zero-order chi connectivity index (χ0) is 14.4. The van der Waals surface area contributed by atoms with E-state index in [0.29, 0.717) is 6.42 Å². The largest absolute Gasteiger partial charge is 0.335 e. The quantitative estimate of drug-likeness (QED) is 0.818. The van der Waals surface area contributed by atoms with E-state index in [1.54, 1.807) is 19.1 Å². The van der Waals surface area contributed by atoms with Gasteiger partial charge in [0.1, 0.15) is 0 Å². The molecule has 0 saturated heterocycles. The summed E-state index contributed by atoms with van der Waals surface area (Å²) in [5.41, 5.74) is 1.26. The molecular weight excluding hydrogens is 271 g/mol. The van der Waals surface area contributed by atoms with Crippen molar-refractivity contribution in [2.45, 2.75) is 19.0 Å². The van der Waals surface area contributed by atoms with E-state index in [-0.39, 0.29) is 6.61 Å². The van der Waals surface area contributed by atoms with Crippen molar-refractivity contribution in [1.29, 1.82) is 0 Å². The van der Waals surface area contributed by atoms with Crippen LogP contribution in [0.4, 0.5) is 0 Å². The Labute approximate surface area is 119 Å². The van der Waals surface area contributed by atoms with Gasteiger partial charge in [0.15, 0.2) is 0 Å². The summed E-state index contributed by atoms with van der Waals surface area (Å²) < 4.78 is 17.6. The number of hydrogen-bond acceptors (Lipinski definition) is 2. The van der Waals surface area contributed by atoms with E-state index < -0.39 is 13.3 Å². The van der Waals surface area contributed by atoms with Gasteiger partial charge in [-0.25, -0.2) is 0 Å². The van der Waals surface area contributed by atoms with Crippen molar-refractivity contribution in [2.24, 2.45) is 0 Å². The molecule has 2 rings (SSSR count). The summed E-state index contributed by atoms with van der Waals surface area (Å²) >= 11 is 0. The van der Waals surface area contributed by atoms with Crippen LogP contribution in [-0.2, 0) is 15.5 Å². The highest BCUT2D eigenvalue weighted by atomic mass is 31.2. The van der Waals surface area contributed by atoms with Crippen molar-refractivity contribution >= 4 is 7.60 Å². The molecule has 0 saturated carbocycles. The van der Waals surface area contributed by atoms with Crippen LogP contribution in [0.15, 0.2) is 54.6 Å². The van der Waals surface area contributed by atoms with E-state index >= 15 is 0 Å². The second kappa shape index (κ2) is 6.85. The van der Waals surface area contributed by atoms with Gasteiger partial charge in [-0.3, -0.25) is 4.57 Å². The highest BCUT2D eigenvalue weighted by Gasteiger charge is 2.33. The molecule has 0 amide bonds. The average Bonchev–Trinajstić information content (AvgIpc) is 2.46. The van der Waals surface area contributed by atoms with Gasteiger partial charge in [-0.2, -0.15) is 0 Å². The van der Waals surface area contributed by atoms with Crippen molar-refractivity contribution in [3.05, 3.63) is 71.8 Å². The molecule has 2 atom stereocenters. The predicted octanol–water partition coefficient (Wildman–Crippen LogP) is 3.99.